The highest BCUT2D eigenvalue weighted by Gasteiger charge is 2.11. The minimum atomic E-state index is -0.614. The van der Waals surface area contributed by atoms with Crippen molar-refractivity contribution in [3.63, 3.8) is 0 Å². The summed E-state index contributed by atoms with van der Waals surface area (Å²) in [6, 6.07) is 4.45. The molecule has 4 nitrogen and oxygen atoms in total. The minimum absolute atomic E-state index is 0.151. The van der Waals surface area contributed by atoms with Crippen LogP contribution in [0.2, 0.25) is 0 Å². The number of nitrogens with zero attached hydrogens (tertiary/aromatic N) is 2. The fraction of sp³-hybridized carbons (Fsp3) is 0.286. The smallest absolute Gasteiger partial charge is 0.165 e. The molecule has 1 N–H and O–H groups in total. The molecule has 0 fully saturated rings. The van der Waals surface area contributed by atoms with Crippen LogP contribution in [-0.4, -0.2) is 22.2 Å². The molecule has 2 aromatic rings. The molecule has 5 heteroatoms. The van der Waals surface area contributed by atoms with Crippen LogP contribution in [0.1, 0.15) is 24.3 Å². The third-order valence-corrected chi connectivity index (χ3v) is 2.88. The zero-order valence-corrected chi connectivity index (χ0v) is 11.0. The van der Waals surface area contributed by atoms with Crippen LogP contribution >= 0.6 is 0 Å². The Morgan fingerprint density at radius 1 is 1.37 bits per heavy atom. The molecule has 0 aliphatic rings. The van der Waals surface area contributed by atoms with E-state index in [9.17, 15) is 9.50 Å². The molecule has 1 atom stereocenters. The number of aromatic nitrogens is 2. The molecular weight excluding hydrogens is 247 g/mol. The number of aliphatic hydroxyl groups excluding tert-OH is 1. The van der Waals surface area contributed by atoms with Crippen LogP contribution in [0.15, 0.2) is 24.4 Å². The number of halogens is 1. The van der Waals surface area contributed by atoms with Crippen molar-refractivity contribution < 1.29 is 14.2 Å². The van der Waals surface area contributed by atoms with Gasteiger partial charge in [-0.05, 0) is 32.0 Å². The zero-order valence-electron chi connectivity index (χ0n) is 11.0. The summed E-state index contributed by atoms with van der Waals surface area (Å²) in [5, 5.41) is 9.53. The molecule has 0 saturated heterocycles. The van der Waals surface area contributed by atoms with Gasteiger partial charge in [0.1, 0.15) is 0 Å². The predicted octanol–water partition coefficient (Wildman–Crippen LogP) is 2.65. The zero-order chi connectivity index (χ0) is 14.0. The lowest BCUT2D eigenvalue weighted by Crippen LogP contribution is -2.01. The molecule has 100 valence electrons. The summed E-state index contributed by atoms with van der Waals surface area (Å²) >= 11 is 0. The first-order valence-corrected chi connectivity index (χ1v) is 5.88. The maximum Gasteiger partial charge on any atom is 0.165 e. The molecule has 2 rings (SSSR count). The number of hydrogen-bond acceptors (Lipinski definition) is 4. The monoisotopic (exact) mass is 262 g/mol. The molecule has 19 heavy (non-hydrogen) atoms. The Labute approximate surface area is 110 Å². The number of rotatable bonds is 3. The Bertz CT molecular complexity index is 600. The number of benzene rings is 1. The quantitative estimate of drug-likeness (QED) is 0.924. The fourth-order valence-corrected chi connectivity index (χ4v) is 1.82. The maximum atomic E-state index is 13.3. The molecule has 0 bridgehead atoms. The average molecular weight is 262 g/mol. The summed E-state index contributed by atoms with van der Waals surface area (Å²) in [7, 11) is 1.41. The van der Waals surface area contributed by atoms with Crippen LogP contribution in [0.3, 0.4) is 0 Å². The Morgan fingerprint density at radius 3 is 2.68 bits per heavy atom. The summed E-state index contributed by atoms with van der Waals surface area (Å²) in [6.07, 6.45) is 0.967. The summed E-state index contributed by atoms with van der Waals surface area (Å²) in [6.45, 7) is 3.46. The third kappa shape index (κ3) is 2.71. The van der Waals surface area contributed by atoms with Crippen molar-refractivity contribution in [1.82, 2.24) is 9.97 Å². The minimum Gasteiger partial charge on any atom is -0.494 e. The van der Waals surface area contributed by atoms with E-state index in [-0.39, 0.29) is 5.75 Å². The van der Waals surface area contributed by atoms with E-state index in [4.69, 9.17) is 4.74 Å². The van der Waals surface area contributed by atoms with Crippen LogP contribution in [0.25, 0.3) is 11.4 Å². The van der Waals surface area contributed by atoms with Crippen LogP contribution in [0, 0.1) is 12.7 Å². The van der Waals surface area contributed by atoms with Crippen molar-refractivity contribution >= 4 is 0 Å². The summed E-state index contributed by atoms with van der Waals surface area (Å²) in [5.41, 5.74) is 2.04. The standard InChI is InChI=1S/C14H15FN2O2/c1-8-11(9(2)18)7-16-14(17-8)10-4-5-12(15)13(6-10)19-3/h4-7,9,18H,1-3H3. The molecule has 1 aromatic heterocycles. The van der Waals surface area contributed by atoms with Crippen LogP contribution in [-0.2, 0) is 0 Å². The molecule has 1 unspecified atom stereocenters. The van der Waals surface area contributed by atoms with Gasteiger partial charge in [0.25, 0.3) is 0 Å². The second kappa shape index (κ2) is 5.32. The Balaban J connectivity index is 2.45. The SMILES string of the molecule is COc1cc(-c2ncc(C(C)O)c(C)n2)ccc1F. The highest BCUT2D eigenvalue weighted by molar-refractivity contribution is 5.58. The third-order valence-electron chi connectivity index (χ3n) is 2.88. The molecule has 0 aliphatic carbocycles. The normalized spacial score (nSPS) is 12.3. The summed E-state index contributed by atoms with van der Waals surface area (Å²) < 4.78 is 18.3. The van der Waals surface area contributed by atoms with Gasteiger partial charge in [0.15, 0.2) is 17.4 Å². The second-order valence-corrected chi connectivity index (χ2v) is 4.26. The fourth-order valence-electron chi connectivity index (χ4n) is 1.82. The van der Waals surface area contributed by atoms with Crippen molar-refractivity contribution in [3.05, 3.63) is 41.5 Å². The van der Waals surface area contributed by atoms with Gasteiger partial charge >= 0.3 is 0 Å². The van der Waals surface area contributed by atoms with Gasteiger partial charge in [-0.2, -0.15) is 0 Å². The first-order chi connectivity index (χ1) is 9.02. The van der Waals surface area contributed by atoms with Gasteiger partial charge in [0, 0.05) is 23.0 Å². The van der Waals surface area contributed by atoms with Crippen molar-refractivity contribution in [1.29, 1.82) is 0 Å². The van der Waals surface area contributed by atoms with Crippen molar-refractivity contribution in [2.75, 3.05) is 7.11 Å². The largest absolute Gasteiger partial charge is 0.494 e. The van der Waals surface area contributed by atoms with E-state index in [0.717, 1.165) is 0 Å². The lowest BCUT2D eigenvalue weighted by atomic mass is 10.1. The molecule has 0 spiro atoms. The van der Waals surface area contributed by atoms with E-state index in [2.05, 4.69) is 9.97 Å². The summed E-state index contributed by atoms with van der Waals surface area (Å²) in [4.78, 5) is 8.51. The van der Waals surface area contributed by atoms with Crippen molar-refractivity contribution in [3.8, 4) is 17.1 Å². The topological polar surface area (TPSA) is 55.2 Å². The van der Waals surface area contributed by atoms with E-state index < -0.39 is 11.9 Å². The maximum absolute atomic E-state index is 13.3. The summed E-state index contributed by atoms with van der Waals surface area (Å²) in [5.74, 6) is 0.196. The number of aryl methyl sites for hydroxylation is 1. The van der Waals surface area contributed by atoms with Gasteiger partial charge in [-0.1, -0.05) is 0 Å². The Morgan fingerprint density at radius 2 is 2.11 bits per heavy atom. The average Bonchev–Trinajstić information content (AvgIpc) is 2.38. The molecule has 0 radical (unpaired) electrons. The first kappa shape index (κ1) is 13.4. The highest BCUT2D eigenvalue weighted by atomic mass is 19.1. The number of hydrogen-bond donors (Lipinski definition) is 1. The first-order valence-electron chi connectivity index (χ1n) is 5.88. The van der Waals surface area contributed by atoms with Gasteiger partial charge in [0.2, 0.25) is 0 Å². The van der Waals surface area contributed by atoms with E-state index in [1.54, 1.807) is 32.2 Å². The van der Waals surface area contributed by atoms with Gasteiger partial charge in [0.05, 0.1) is 13.2 Å². The van der Waals surface area contributed by atoms with E-state index in [1.807, 2.05) is 0 Å². The van der Waals surface area contributed by atoms with Gasteiger partial charge in [-0.25, -0.2) is 14.4 Å². The lowest BCUT2D eigenvalue weighted by molar-refractivity contribution is 0.197. The van der Waals surface area contributed by atoms with Crippen LogP contribution in [0.5, 0.6) is 5.75 Å². The van der Waals surface area contributed by atoms with Gasteiger partial charge in [-0.15, -0.1) is 0 Å². The van der Waals surface area contributed by atoms with Crippen molar-refractivity contribution in [2.45, 2.75) is 20.0 Å². The number of ether oxygens (including phenoxy) is 1. The molecular formula is C14H15FN2O2. The lowest BCUT2D eigenvalue weighted by Gasteiger charge is -2.10. The van der Waals surface area contributed by atoms with Gasteiger partial charge < -0.3 is 9.84 Å². The van der Waals surface area contributed by atoms with E-state index in [1.165, 1.54) is 13.2 Å². The molecule has 0 aliphatic heterocycles. The van der Waals surface area contributed by atoms with Crippen molar-refractivity contribution in [2.24, 2.45) is 0 Å². The second-order valence-electron chi connectivity index (χ2n) is 4.26. The molecule has 0 amide bonds. The Hall–Kier alpha value is -2.01. The number of aliphatic hydroxyl groups is 1. The molecule has 1 aromatic carbocycles. The van der Waals surface area contributed by atoms with Gasteiger partial charge in [-0.3, -0.25) is 0 Å². The Kier molecular flexibility index (Phi) is 3.76. The van der Waals surface area contributed by atoms with E-state index >= 15 is 0 Å². The van der Waals surface area contributed by atoms with E-state index in [0.29, 0.717) is 22.6 Å². The molecule has 1 heterocycles. The van der Waals surface area contributed by atoms with Crippen LogP contribution in [0.4, 0.5) is 4.39 Å². The molecule has 0 saturated carbocycles. The van der Waals surface area contributed by atoms with Crippen LogP contribution < -0.4 is 4.74 Å². The predicted molar refractivity (Wildman–Crippen MR) is 69.3 cm³/mol. The number of methoxy groups -OCH3 is 1. The highest BCUT2D eigenvalue weighted by Crippen LogP contribution is 2.25.